The fourth-order valence-electron chi connectivity index (χ4n) is 1.90. The van der Waals surface area contributed by atoms with E-state index in [4.69, 9.17) is 4.74 Å². The van der Waals surface area contributed by atoms with Gasteiger partial charge in [0, 0.05) is 4.47 Å². The van der Waals surface area contributed by atoms with E-state index in [1.165, 1.54) is 0 Å². The van der Waals surface area contributed by atoms with Crippen LogP contribution in [-0.4, -0.2) is 13.0 Å². The highest BCUT2D eigenvalue weighted by atomic mass is 79.9. The van der Waals surface area contributed by atoms with E-state index in [-0.39, 0.29) is 11.9 Å². The number of rotatable bonds is 4. The van der Waals surface area contributed by atoms with Gasteiger partial charge in [0.05, 0.1) is 18.7 Å². The van der Waals surface area contributed by atoms with E-state index in [2.05, 4.69) is 21.2 Å². The van der Waals surface area contributed by atoms with Crippen molar-refractivity contribution < 1.29 is 9.53 Å². The number of hydrogen-bond donors (Lipinski definition) is 1. The van der Waals surface area contributed by atoms with Crippen LogP contribution in [0.25, 0.3) is 0 Å². The molecule has 3 nitrogen and oxygen atoms in total. The summed E-state index contributed by atoms with van der Waals surface area (Å²) in [5.74, 6) is 0.707. The molecule has 0 aliphatic carbocycles. The third kappa shape index (κ3) is 3.39. The molecule has 0 aliphatic rings. The number of halogens is 1. The van der Waals surface area contributed by atoms with Crippen LogP contribution in [0.4, 0.5) is 0 Å². The Balaban J connectivity index is 2.09. The summed E-state index contributed by atoms with van der Waals surface area (Å²) in [5.41, 5.74) is 1.67. The molecule has 2 rings (SSSR count). The minimum atomic E-state index is -0.0965. The molecule has 0 saturated carbocycles. The Morgan fingerprint density at radius 3 is 2.40 bits per heavy atom. The molecular formula is C16H16BrNO2. The zero-order valence-electron chi connectivity index (χ0n) is 11.4. The number of ether oxygens (including phenoxy) is 1. The van der Waals surface area contributed by atoms with Crippen molar-refractivity contribution in [3.8, 4) is 5.75 Å². The lowest BCUT2D eigenvalue weighted by atomic mass is 10.1. The maximum atomic E-state index is 12.2. The normalized spacial score (nSPS) is 11.8. The molecule has 0 bridgehead atoms. The first-order chi connectivity index (χ1) is 9.61. The molecule has 0 heterocycles. The van der Waals surface area contributed by atoms with E-state index in [9.17, 15) is 4.79 Å². The zero-order valence-corrected chi connectivity index (χ0v) is 13.0. The summed E-state index contributed by atoms with van der Waals surface area (Å²) in [5, 5.41) is 2.98. The van der Waals surface area contributed by atoms with Gasteiger partial charge in [-0.25, -0.2) is 0 Å². The molecule has 2 aromatic carbocycles. The smallest absolute Gasteiger partial charge is 0.252 e. The minimum absolute atomic E-state index is 0.0690. The van der Waals surface area contributed by atoms with Gasteiger partial charge in [-0.3, -0.25) is 4.79 Å². The van der Waals surface area contributed by atoms with Crippen LogP contribution in [0.2, 0.25) is 0 Å². The Labute approximate surface area is 127 Å². The van der Waals surface area contributed by atoms with Crippen LogP contribution in [0.15, 0.2) is 53.0 Å². The van der Waals surface area contributed by atoms with Crippen LogP contribution in [0.1, 0.15) is 28.9 Å². The molecule has 0 aromatic heterocycles. The zero-order chi connectivity index (χ0) is 14.5. The summed E-state index contributed by atoms with van der Waals surface area (Å²) in [6.45, 7) is 1.95. The van der Waals surface area contributed by atoms with E-state index < -0.39 is 0 Å². The first-order valence-corrected chi connectivity index (χ1v) is 7.10. The SMILES string of the molecule is COc1ccc([C@@H](C)NC(=O)c2ccccc2Br)cc1. The highest BCUT2D eigenvalue weighted by molar-refractivity contribution is 9.10. The second kappa shape index (κ2) is 6.57. The molecule has 0 spiro atoms. The summed E-state index contributed by atoms with van der Waals surface area (Å²) in [4.78, 5) is 12.2. The fourth-order valence-corrected chi connectivity index (χ4v) is 2.36. The van der Waals surface area contributed by atoms with Crippen LogP contribution >= 0.6 is 15.9 Å². The highest BCUT2D eigenvalue weighted by Gasteiger charge is 2.13. The number of carbonyl (C=O) groups is 1. The maximum Gasteiger partial charge on any atom is 0.252 e. The quantitative estimate of drug-likeness (QED) is 0.919. The third-order valence-corrected chi connectivity index (χ3v) is 3.77. The van der Waals surface area contributed by atoms with E-state index in [0.29, 0.717) is 5.56 Å². The largest absolute Gasteiger partial charge is 0.497 e. The molecule has 0 unspecified atom stereocenters. The summed E-state index contributed by atoms with van der Waals surface area (Å²) >= 11 is 3.38. The predicted octanol–water partition coefficient (Wildman–Crippen LogP) is 3.95. The van der Waals surface area contributed by atoms with Crippen molar-refractivity contribution in [2.24, 2.45) is 0 Å². The summed E-state index contributed by atoms with van der Waals surface area (Å²) in [6, 6.07) is 15.0. The second-order valence-electron chi connectivity index (χ2n) is 4.45. The van der Waals surface area contributed by atoms with Crippen LogP contribution in [0, 0.1) is 0 Å². The van der Waals surface area contributed by atoms with Crippen molar-refractivity contribution >= 4 is 21.8 Å². The lowest BCUT2D eigenvalue weighted by Crippen LogP contribution is -2.26. The first-order valence-electron chi connectivity index (χ1n) is 6.31. The molecular weight excluding hydrogens is 318 g/mol. The molecule has 0 aliphatic heterocycles. The minimum Gasteiger partial charge on any atom is -0.497 e. The second-order valence-corrected chi connectivity index (χ2v) is 5.30. The molecule has 0 fully saturated rings. The average Bonchev–Trinajstić information content (AvgIpc) is 2.47. The standard InChI is InChI=1S/C16H16BrNO2/c1-11(12-7-9-13(20-2)10-8-12)18-16(19)14-5-3-4-6-15(14)17/h3-11H,1-2H3,(H,18,19)/t11-/m1/s1. The van der Waals surface area contributed by atoms with Crippen molar-refractivity contribution in [1.29, 1.82) is 0 Å². The van der Waals surface area contributed by atoms with Crippen molar-refractivity contribution in [2.45, 2.75) is 13.0 Å². The Kier molecular flexibility index (Phi) is 4.79. The number of amides is 1. The van der Waals surface area contributed by atoms with Crippen LogP contribution in [-0.2, 0) is 0 Å². The maximum absolute atomic E-state index is 12.2. The topological polar surface area (TPSA) is 38.3 Å². The van der Waals surface area contributed by atoms with Crippen LogP contribution < -0.4 is 10.1 Å². The molecule has 20 heavy (non-hydrogen) atoms. The van der Waals surface area contributed by atoms with Crippen molar-refractivity contribution in [1.82, 2.24) is 5.32 Å². The predicted molar refractivity (Wildman–Crippen MR) is 83.0 cm³/mol. The van der Waals surface area contributed by atoms with Gasteiger partial charge < -0.3 is 10.1 Å². The average molecular weight is 334 g/mol. The molecule has 1 amide bonds. The van der Waals surface area contributed by atoms with E-state index >= 15 is 0 Å². The molecule has 1 N–H and O–H groups in total. The molecule has 2 aromatic rings. The molecule has 4 heteroatoms. The van der Waals surface area contributed by atoms with Crippen molar-refractivity contribution in [3.63, 3.8) is 0 Å². The van der Waals surface area contributed by atoms with Gasteiger partial charge in [-0.1, -0.05) is 24.3 Å². The van der Waals surface area contributed by atoms with Gasteiger partial charge in [0.25, 0.3) is 5.91 Å². The molecule has 0 radical (unpaired) electrons. The van der Waals surface area contributed by atoms with Gasteiger partial charge >= 0.3 is 0 Å². The monoisotopic (exact) mass is 333 g/mol. The van der Waals surface area contributed by atoms with Gasteiger partial charge in [-0.05, 0) is 52.7 Å². The number of carbonyl (C=O) groups excluding carboxylic acids is 1. The van der Waals surface area contributed by atoms with E-state index in [1.807, 2.05) is 49.4 Å². The summed E-state index contributed by atoms with van der Waals surface area (Å²) < 4.78 is 5.91. The Morgan fingerprint density at radius 1 is 1.15 bits per heavy atom. The first kappa shape index (κ1) is 14.6. The Hall–Kier alpha value is -1.81. The summed E-state index contributed by atoms with van der Waals surface area (Å²) in [7, 11) is 1.63. The number of nitrogens with one attached hydrogen (secondary N) is 1. The highest BCUT2D eigenvalue weighted by Crippen LogP contribution is 2.20. The van der Waals surface area contributed by atoms with Gasteiger partial charge in [0.1, 0.15) is 5.75 Å². The van der Waals surface area contributed by atoms with Gasteiger partial charge in [0.2, 0.25) is 0 Å². The Morgan fingerprint density at radius 2 is 1.80 bits per heavy atom. The van der Waals surface area contributed by atoms with Crippen LogP contribution in [0.3, 0.4) is 0 Å². The lowest BCUT2D eigenvalue weighted by molar-refractivity contribution is 0.0939. The number of methoxy groups -OCH3 is 1. The Bertz CT molecular complexity index is 596. The van der Waals surface area contributed by atoms with E-state index in [0.717, 1.165) is 15.8 Å². The van der Waals surface area contributed by atoms with E-state index in [1.54, 1.807) is 13.2 Å². The number of benzene rings is 2. The van der Waals surface area contributed by atoms with Gasteiger partial charge in [-0.2, -0.15) is 0 Å². The number of hydrogen-bond acceptors (Lipinski definition) is 2. The summed E-state index contributed by atoms with van der Waals surface area (Å²) in [6.07, 6.45) is 0. The van der Waals surface area contributed by atoms with Crippen LogP contribution in [0.5, 0.6) is 5.75 Å². The lowest BCUT2D eigenvalue weighted by Gasteiger charge is -2.15. The third-order valence-electron chi connectivity index (χ3n) is 3.08. The van der Waals surface area contributed by atoms with Gasteiger partial charge in [0.15, 0.2) is 0 Å². The molecule has 1 atom stereocenters. The van der Waals surface area contributed by atoms with Gasteiger partial charge in [-0.15, -0.1) is 0 Å². The van der Waals surface area contributed by atoms with Crippen molar-refractivity contribution in [3.05, 3.63) is 64.1 Å². The molecule has 104 valence electrons. The fraction of sp³-hybridized carbons (Fsp3) is 0.188. The molecule has 0 saturated heterocycles. The van der Waals surface area contributed by atoms with Crippen molar-refractivity contribution in [2.75, 3.05) is 7.11 Å².